The molecule has 0 saturated carbocycles. The molecule has 3 rings (SSSR count). The maximum Gasteiger partial charge on any atom is 0.409 e. The molecular formula is C19H15BrN2O3S. The molecule has 0 saturated heterocycles. The zero-order chi connectivity index (χ0) is 18.5. The second-order valence-electron chi connectivity index (χ2n) is 5.45. The summed E-state index contributed by atoms with van der Waals surface area (Å²) in [4.78, 5) is 24.6. The van der Waals surface area contributed by atoms with Crippen LogP contribution in [0.15, 0.2) is 60.0 Å². The number of carbonyl (C=O) groups is 2. The molecule has 3 N–H and O–H groups in total. The number of rotatable bonds is 5. The van der Waals surface area contributed by atoms with Crippen molar-refractivity contribution in [1.29, 1.82) is 0 Å². The van der Waals surface area contributed by atoms with Crippen LogP contribution in [0.2, 0.25) is 0 Å². The van der Waals surface area contributed by atoms with Crippen LogP contribution in [0.1, 0.15) is 15.9 Å². The van der Waals surface area contributed by atoms with E-state index in [1.165, 1.54) is 0 Å². The Morgan fingerprint density at radius 1 is 1.00 bits per heavy atom. The van der Waals surface area contributed by atoms with Crippen molar-refractivity contribution in [2.45, 2.75) is 5.33 Å². The van der Waals surface area contributed by atoms with Gasteiger partial charge in [-0.3, -0.25) is 10.1 Å². The third kappa shape index (κ3) is 4.30. The first-order chi connectivity index (χ1) is 12.6. The summed E-state index contributed by atoms with van der Waals surface area (Å²) in [5.74, 6) is -0.303. The number of nitrogens with one attached hydrogen (secondary N) is 2. The topological polar surface area (TPSA) is 78.4 Å². The molecule has 132 valence electrons. The molecule has 0 radical (unpaired) electrons. The molecular weight excluding hydrogens is 416 g/mol. The quantitative estimate of drug-likeness (QED) is 0.457. The predicted octanol–water partition coefficient (Wildman–Crippen LogP) is 5.65. The van der Waals surface area contributed by atoms with Crippen molar-refractivity contribution in [3.63, 3.8) is 0 Å². The number of carboxylic acid groups (broad SMARTS) is 1. The summed E-state index contributed by atoms with van der Waals surface area (Å²) < 4.78 is 0. The Labute approximate surface area is 162 Å². The fraction of sp³-hybridized carbons (Fsp3) is 0.0526. The minimum absolute atomic E-state index is 0.303. The van der Waals surface area contributed by atoms with Gasteiger partial charge in [-0.2, -0.15) is 0 Å². The Hall–Kier alpha value is -2.64. The lowest BCUT2D eigenvalue weighted by molar-refractivity contribution is 0.102. The van der Waals surface area contributed by atoms with E-state index < -0.39 is 6.09 Å². The molecule has 5 nitrogen and oxygen atoms in total. The highest BCUT2D eigenvalue weighted by Crippen LogP contribution is 2.32. The highest BCUT2D eigenvalue weighted by Gasteiger charge is 2.13. The van der Waals surface area contributed by atoms with Gasteiger partial charge in [-0.05, 0) is 46.8 Å². The van der Waals surface area contributed by atoms with Crippen LogP contribution < -0.4 is 10.6 Å². The standard InChI is InChI=1S/C19H15BrN2O3S/c20-11-12-3-5-13(6-4-12)18(23)21-16-10-14(17-2-1-9-26-17)7-8-15(16)22-19(24)25/h1-10,22H,11H2,(H,21,23)(H,24,25). The summed E-state index contributed by atoms with van der Waals surface area (Å²) in [6, 6.07) is 16.3. The smallest absolute Gasteiger partial charge is 0.409 e. The first-order valence-corrected chi connectivity index (χ1v) is 9.71. The first kappa shape index (κ1) is 18.2. The lowest BCUT2D eigenvalue weighted by Gasteiger charge is -2.13. The first-order valence-electron chi connectivity index (χ1n) is 7.71. The minimum Gasteiger partial charge on any atom is -0.465 e. The molecule has 2 aromatic carbocycles. The minimum atomic E-state index is -1.19. The lowest BCUT2D eigenvalue weighted by atomic mass is 10.1. The summed E-state index contributed by atoms with van der Waals surface area (Å²) in [6.45, 7) is 0. The second-order valence-corrected chi connectivity index (χ2v) is 6.96. The Balaban J connectivity index is 1.91. The summed E-state index contributed by atoms with van der Waals surface area (Å²) in [6.07, 6.45) is -1.19. The number of amides is 2. The molecule has 2 amide bonds. The molecule has 0 aliphatic carbocycles. The van der Waals surface area contributed by atoms with E-state index in [0.29, 0.717) is 22.3 Å². The van der Waals surface area contributed by atoms with E-state index in [-0.39, 0.29) is 5.91 Å². The normalized spacial score (nSPS) is 10.3. The summed E-state index contributed by atoms with van der Waals surface area (Å²) >= 11 is 4.94. The van der Waals surface area contributed by atoms with Crippen LogP contribution in [0, 0.1) is 0 Å². The number of thiophene rings is 1. The van der Waals surface area contributed by atoms with E-state index in [0.717, 1.165) is 16.0 Å². The van der Waals surface area contributed by atoms with Gasteiger partial charge in [0.05, 0.1) is 11.4 Å². The Morgan fingerprint density at radius 3 is 2.38 bits per heavy atom. The molecule has 0 bridgehead atoms. The average molecular weight is 431 g/mol. The van der Waals surface area contributed by atoms with Crippen molar-refractivity contribution < 1.29 is 14.7 Å². The van der Waals surface area contributed by atoms with Gasteiger partial charge in [0, 0.05) is 15.8 Å². The fourth-order valence-electron chi connectivity index (χ4n) is 2.41. The van der Waals surface area contributed by atoms with Crippen LogP contribution in [-0.4, -0.2) is 17.1 Å². The largest absolute Gasteiger partial charge is 0.465 e. The van der Waals surface area contributed by atoms with Gasteiger partial charge in [0.1, 0.15) is 0 Å². The number of halogens is 1. The van der Waals surface area contributed by atoms with E-state index in [4.69, 9.17) is 5.11 Å². The van der Waals surface area contributed by atoms with Crippen LogP contribution in [0.25, 0.3) is 10.4 Å². The van der Waals surface area contributed by atoms with E-state index >= 15 is 0 Å². The van der Waals surface area contributed by atoms with Crippen LogP contribution in [-0.2, 0) is 5.33 Å². The molecule has 7 heteroatoms. The number of carbonyl (C=O) groups excluding carboxylic acids is 1. The van der Waals surface area contributed by atoms with Gasteiger partial charge in [0.2, 0.25) is 0 Å². The molecule has 26 heavy (non-hydrogen) atoms. The Morgan fingerprint density at radius 2 is 1.77 bits per heavy atom. The average Bonchev–Trinajstić information content (AvgIpc) is 3.17. The highest BCUT2D eigenvalue weighted by atomic mass is 79.9. The van der Waals surface area contributed by atoms with Gasteiger partial charge in [0.15, 0.2) is 0 Å². The number of alkyl halides is 1. The number of anilines is 2. The van der Waals surface area contributed by atoms with E-state index in [1.807, 2.05) is 35.7 Å². The van der Waals surface area contributed by atoms with Crippen molar-refractivity contribution in [3.05, 3.63) is 71.1 Å². The van der Waals surface area contributed by atoms with Crippen LogP contribution in [0.3, 0.4) is 0 Å². The van der Waals surface area contributed by atoms with Crippen molar-refractivity contribution >= 4 is 50.6 Å². The van der Waals surface area contributed by atoms with Gasteiger partial charge < -0.3 is 10.4 Å². The SMILES string of the molecule is O=C(O)Nc1ccc(-c2cccs2)cc1NC(=O)c1ccc(CBr)cc1. The molecule has 0 spiro atoms. The monoisotopic (exact) mass is 430 g/mol. The third-order valence-electron chi connectivity index (χ3n) is 3.69. The van der Waals surface area contributed by atoms with Crippen molar-refractivity contribution in [3.8, 4) is 10.4 Å². The second kappa shape index (κ2) is 8.16. The number of hydrogen-bond donors (Lipinski definition) is 3. The number of benzene rings is 2. The van der Waals surface area contributed by atoms with E-state index in [9.17, 15) is 9.59 Å². The Kier molecular flexibility index (Phi) is 5.70. The molecule has 0 aliphatic heterocycles. The fourth-order valence-corrected chi connectivity index (χ4v) is 3.51. The summed E-state index contributed by atoms with van der Waals surface area (Å²) in [5, 5.41) is 16.8. The number of hydrogen-bond acceptors (Lipinski definition) is 3. The zero-order valence-electron chi connectivity index (χ0n) is 13.5. The van der Waals surface area contributed by atoms with Crippen LogP contribution in [0.5, 0.6) is 0 Å². The summed E-state index contributed by atoms with van der Waals surface area (Å²) in [7, 11) is 0. The summed E-state index contributed by atoms with van der Waals surface area (Å²) in [5.41, 5.74) is 3.20. The highest BCUT2D eigenvalue weighted by molar-refractivity contribution is 9.08. The maximum atomic E-state index is 12.6. The van der Waals surface area contributed by atoms with Gasteiger partial charge in [0.25, 0.3) is 5.91 Å². The molecule has 0 atom stereocenters. The maximum absolute atomic E-state index is 12.6. The molecule has 0 aliphatic rings. The van der Waals surface area contributed by atoms with Gasteiger partial charge in [-0.15, -0.1) is 11.3 Å². The van der Waals surface area contributed by atoms with Crippen molar-refractivity contribution in [2.24, 2.45) is 0 Å². The zero-order valence-corrected chi connectivity index (χ0v) is 15.9. The molecule has 3 aromatic rings. The lowest BCUT2D eigenvalue weighted by Crippen LogP contribution is -2.15. The van der Waals surface area contributed by atoms with Gasteiger partial charge in [-0.1, -0.05) is 40.2 Å². The van der Waals surface area contributed by atoms with Crippen molar-refractivity contribution in [1.82, 2.24) is 0 Å². The van der Waals surface area contributed by atoms with E-state index in [2.05, 4.69) is 26.6 Å². The van der Waals surface area contributed by atoms with Crippen molar-refractivity contribution in [2.75, 3.05) is 10.6 Å². The van der Waals surface area contributed by atoms with Gasteiger partial charge >= 0.3 is 6.09 Å². The third-order valence-corrected chi connectivity index (χ3v) is 5.25. The Bertz CT molecular complexity index is 924. The molecule has 1 heterocycles. The van der Waals surface area contributed by atoms with Crippen LogP contribution >= 0.6 is 27.3 Å². The van der Waals surface area contributed by atoms with Gasteiger partial charge in [-0.25, -0.2) is 4.79 Å². The molecule has 1 aromatic heterocycles. The van der Waals surface area contributed by atoms with E-state index in [1.54, 1.807) is 35.6 Å². The molecule has 0 fully saturated rings. The van der Waals surface area contributed by atoms with Crippen LogP contribution in [0.4, 0.5) is 16.2 Å². The molecule has 0 unspecified atom stereocenters. The predicted molar refractivity (Wildman–Crippen MR) is 108 cm³/mol.